The van der Waals surface area contributed by atoms with Crippen molar-refractivity contribution >= 4 is 33.0 Å². The maximum Gasteiger partial charge on any atom is 0.265 e. The van der Waals surface area contributed by atoms with E-state index in [0.29, 0.717) is 28.7 Å². The molecule has 10 heteroatoms. The third-order valence-electron chi connectivity index (χ3n) is 5.38. The van der Waals surface area contributed by atoms with Crippen LogP contribution in [-0.4, -0.2) is 41.3 Å². The third kappa shape index (κ3) is 4.48. The molecule has 0 atom stereocenters. The van der Waals surface area contributed by atoms with E-state index in [0.717, 1.165) is 24.6 Å². The monoisotopic (exact) mass is 441 g/mol. The van der Waals surface area contributed by atoms with Crippen molar-refractivity contribution < 1.29 is 8.42 Å². The number of hydrogen-bond acceptors (Lipinski definition) is 7. The Bertz CT molecular complexity index is 1200. The minimum Gasteiger partial charge on any atom is -0.356 e. The van der Waals surface area contributed by atoms with Crippen LogP contribution in [0.3, 0.4) is 0 Å². The first kappa shape index (κ1) is 21.1. The van der Waals surface area contributed by atoms with Gasteiger partial charge in [-0.05, 0) is 57.9 Å². The summed E-state index contributed by atoms with van der Waals surface area (Å²) in [4.78, 5) is 11.5. The van der Waals surface area contributed by atoms with E-state index in [2.05, 4.69) is 30.0 Å². The van der Waals surface area contributed by atoms with Gasteiger partial charge < -0.3 is 10.2 Å². The fraction of sp³-hybridized carbons (Fsp3) is 0.381. The summed E-state index contributed by atoms with van der Waals surface area (Å²) in [6.07, 6.45) is 2.36. The molecule has 0 radical (unpaired) electrons. The van der Waals surface area contributed by atoms with Crippen molar-refractivity contribution in [1.29, 1.82) is 0 Å². The van der Waals surface area contributed by atoms with E-state index in [1.165, 1.54) is 12.8 Å². The van der Waals surface area contributed by atoms with Crippen LogP contribution in [0.2, 0.25) is 0 Å². The first-order chi connectivity index (χ1) is 14.7. The average Bonchev–Trinajstić information content (AvgIpc) is 3.31. The van der Waals surface area contributed by atoms with Crippen LogP contribution in [0.15, 0.2) is 35.2 Å². The molecular weight excluding hydrogens is 414 g/mol. The number of nitrogens with one attached hydrogen (secondary N) is 2. The van der Waals surface area contributed by atoms with E-state index in [1.807, 2.05) is 25.1 Å². The van der Waals surface area contributed by atoms with Crippen molar-refractivity contribution in [2.45, 2.75) is 38.5 Å². The van der Waals surface area contributed by atoms with Gasteiger partial charge in [0.25, 0.3) is 10.0 Å². The zero-order valence-corrected chi connectivity index (χ0v) is 19.0. The molecule has 1 aliphatic rings. The first-order valence-electron chi connectivity index (χ1n) is 10.2. The van der Waals surface area contributed by atoms with Crippen LogP contribution in [0.5, 0.6) is 0 Å². The lowest BCUT2D eigenvalue weighted by atomic mass is 10.3. The minimum atomic E-state index is -3.73. The number of aromatic nitrogens is 4. The third-order valence-corrected chi connectivity index (χ3v) is 7.01. The molecule has 1 aromatic carbocycles. The number of aryl methyl sites for hydroxylation is 3. The largest absolute Gasteiger partial charge is 0.356 e. The molecule has 31 heavy (non-hydrogen) atoms. The fourth-order valence-electron chi connectivity index (χ4n) is 3.84. The van der Waals surface area contributed by atoms with Gasteiger partial charge in [-0.3, -0.25) is 9.40 Å². The summed E-state index contributed by atoms with van der Waals surface area (Å²) >= 11 is 0. The SMILES string of the molecule is Cc1nc(Nc2ccc(NS(=O)(=O)c3c(C)nn(C)c3C)cc2)cc(N2CCCC2)n1. The fourth-order valence-corrected chi connectivity index (χ4v) is 5.34. The van der Waals surface area contributed by atoms with Crippen molar-refractivity contribution in [3.05, 3.63) is 47.5 Å². The van der Waals surface area contributed by atoms with Crippen molar-refractivity contribution in [2.75, 3.05) is 28.0 Å². The zero-order valence-electron chi connectivity index (χ0n) is 18.2. The van der Waals surface area contributed by atoms with Gasteiger partial charge in [-0.1, -0.05) is 0 Å². The Labute approximate surface area is 182 Å². The highest BCUT2D eigenvalue weighted by Gasteiger charge is 2.23. The molecule has 2 aromatic heterocycles. The van der Waals surface area contributed by atoms with Crippen LogP contribution in [0.4, 0.5) is 23.0 Å². The lowest BCUT2D eigenvalue weighted by molar-refractivity contribution is 0.599. The summed E-state index contributed by atoms with van der Waals surface area (Å²) in [7, 11) is -2.00. The van der Waals surface area contributed by atoms with Crippen LogP contribution < -0.4 is 14.9 Å². The Morgan fingerprint density at radius 3 is 2.23 bits per heavy atom. The van der Waals surface area contributed by atoms with Gasteiger partial charge in [0.2, 0.25) is 0 Å². The van der Waals surface area contributed by atoms with Crippen molar-refractivity contribution in [2.24, 2.45) is 7.05 Å². The molecule has 0 spiro atoms. The number of benzene rings is 1. The minimum absolute atomic E-state index is 0.211. The molecule has 0 aliphatic carbocycles. The Morgan fingerprint density at radius 2 is 1.61 bits per heavy atom. The molecule has 9 nitrogen and oxygen atoms in total. The van der Waals surface area contributed by atoms with E-state index < -0.39 is 10.0 Å². The summed E-state index contributed by atoms with van der Waals surface area (Å²) < 4.78 is 29.9. The van der Waals surface area contributed by atoms with Crippen LogP contribution in [0, 0.1) is 20.8 Å². The highest BCUT2D eigenvalue weighted by atomic mass is 32.2. The highest BCUT2D eigenvalue weighted by molar-refractivity contribution is 7.92. The molecule has 1 fully saturated rings. The maximum absolute atomic E-state index is 12.8. The molecule has 0 unspecified atom stereocenters. The van der Waals surface area contributed by atoms with Crippen LogP contribution >= 0.6 is 0 Å². The number of anilines is 4. The smallest absolute Gasteiger partial charge is 0.265 e. The summed E-state index contributed by atoms with van der Waals surface area (Å²) in [5, 5.41) is 7.48. The molecule has 0 amide bonds. The number of hydrogen-bond donors (Lipinski definition) is 2. The Balaban J connectivity index is 1.50. The van der Waals surface area contributed by atoms with Crippen molar-refractivity contribution in [1.82, 2.24) is 19.7 Å². The molecule has 1 aliphatic heterocycles. The summed E-state index contributed by atoms with van der Waals surface area (Å²) in [5.74, 6) is 2.35. The molecule has 4 rings (SSSR count). The van der Waals surface area contributed by atoms with Gasteiger partial charge in [-0.2, -0.15) is 5.10 Å². The second-order valence-electron chi connectivity index (χ2n) is 7.78. The molecule has 2 N–H and O–H groups in total. The quantitative estimate of drug-likeness (QED) is 0.605. The van der Waals surface area contributed by atoms with E-state index in [1.54, 1.807) is 37.7 Å². The van der Waals surface area contributed by atoms with Gasteiger partial charge >= 0.3 is 0 Å². The number of rotatable bonds is 6. The number of nitrogens with zero attached hydrogens (tertiary/aromatic N) is 5. The van der Waals surface area contributed by atoms with Gasteiger partial charge in [-0.15, -0.1) is 0 Å². The van der Waals surface area contributed by atoms with Gasteiger partial charge in [0.05, 0.1) is 11.4 Å². The second kappa shape index (κ2) is 8.18. The summed E-state index contributed by atoms with van der Waals surface area (Å²) in [6.45, 7) is 7.34. The molecule has 3 aromatic rings. The summed E-state index contributed by atoms with van der Waals surface area (Å²) in [6, 6.07) is 9.01. The van der Waals surface area contributed by atoms with Gasteiger partial charge in [0, 0.05) is 37.6 Å². The Hall–Kier alpha value is -3.14. The predicted octanol–water partition coefficient (Wildman–Crippen LogP) is 3.28. The van der Waals surface area contributed by atoms with Gasteiger partial charge in [0.15, 0.2) is 0 Å². The molecule has 0 bridgehead atoms. The molecule has 164 valence electrons. The second-order valence-corrected chi connectivity index (χ2v) is 9.40. The lowest BCUT2D eigenvalue weighted by Crippen LogP contribution is -2.19. The van der Waals surface area contributed by atoms with Crippen molar-refractivity contribution in [3.8, 4) is 0 Å². The molecular formula is C21H27N7O2S. The van der Waals surface area contributed by atoms with E-state index in [9.17, 15) is 8.42 Å². The Morgan fingerprint density at radius 1 is 0.968 bits per heavy atom. The number of sulfonamides is 1. The molecule has 3 heterocycles. The predicted molar refractivity (Wildman–Crippen MR) is 121 cm³/mol. The van der Waals surface area contributed by atoms with E-state index >= 15 is 0 Å². The molecule has 0 saturated carbocycles. The van der Waals surface area contributed by atoms with Crippen LogP contribution in [0.1, 0.15) is 30.1 Å². The topological polar surface area (TPSA) is 105 Å². The van der Waals surface area contributed by atoms with Crippen LogP contribution in [-0.2, 0) is 17.1 Å². The average molecular weight is 442 g/mol. The highest BCUT2D eigenvalue weighted by Crippen LogP contribution is 2.25. The standard InChI is InChI=1S/C21H27N7O2S/c1-14-21(15(2)27(4)25-14)31(29,30)26-18-9-7-17(8-10-18)24-19-13-20(23-16(3)22-19)28-11-5-6-12-28/h7-10,13,26H,5-6,11-12H2,1-4H3,(H,22,23,24). The Kier molecular flexibility index (Phi) is 5.57. The van der Waals surface area contributed by atoms with E-state index in [4.69, 9.17) is 0 Å². The summed E-state index contributed by atoms with van der Waals surface area (Å²) in [5.41, 5.74) is 2.35. The molecule has 1 saturated heterocycles. The van der Waals surface area contributed by atoms with Crippen molar-refractivity contribution in [3.63, 3.8) is 0 Å². The van der Waals surface area contributed by atoms with Gasteiger partial charge in [0.1, 0.15) is 22.4 Å². The lowest BCUT2D eigenvalue weighted by Gasteiger charge is -2.18. The van der Waals surface area contributed by atoms with E-state index in [-0.39, 0.29) is 4.90 Å². The zero-order chi connectivity index (χ0) is 22.2. The normalized spacial score (nSPS) is 14.1. The maximum atomic E-state index is 12.8. The van der Waals surface area contributed by atoms with Crippen LogP contribution in [0.25, 0.3) is 0 Å². The first-order valence-corrected chi connectivity index (χ1v) is 11.7. The van der Waals surface area contributed by atoms with Gasteiger partial charge in [-0.25, -0.2) is 18.4 Å².